The highest BCUT2D eigenvalue weighted by molar-refractivity contribution is 5.95. The van der Waals surface area contributed by atoms with Gasteiger partial charge < -0.3 is 15.2 Å². The van der Waals surface area contributed by atoms with Crippen LogP contribution in [0, 0.1) is 18.8 Å². The van der Waals surface area contributed by atoms with Gasteiger partial charge in [0.05, 0.1) is 12.6 Å². The second-order valence-corrected chi connectivity index (χ2v) is 4.94. The zero-order valence-corrected chi connectivity index (χ0v) is 11.6. The molecule has 4 heteroatoms. The van der Waals surface area contributed by atoms with E-state index in [1.807, 2.05) is 19.1 Å². The summed E-state index contributed by atoms with van der Waals surface area (Å²) in [7, 11) is 0. The predicted molar refractivity (Wildman–Crippen MR) is 76.5 cm³/mol. The highest BCUT2D eigenvalue weighted by atomic mass is 16.5. The fraction of sp³-hybridized carbons (Fsp3) is 0.438. The van der Waals surface area contributed by atoms with Gasteiger partial charge in [-0.25, -0.2) is 0 Å². The number of rotatable bonds is 2. The van der Waals surface area contributed by atoms with Crippen molar-refractivity contribution in [2.45, 2.75) is 25.8 Å². The molecule has 1 atom stereocenters. The molecule has 1 aliphatic rings. The van der Waals surface area contributed by atoms with E-state index in [0.29, 0.717) is 12.2 Å². The Morgan fingerprint density at radius 2 is 2.35 bits per heavy atom. The van der Waals surface area contributed by atoms with Crippen molar-refractivity contribution in [3.63, 3.8) is 0 Å². The van der Waals surface area contributed by atoms with Crippen molar-refractivity contribution in [3.05, 3.63) is 34.9 Å². The zero-order valence-electron chi connectivity index (χ0n) is 11.6. The number of amides is 1. The third kappa shape index (κ3) is 4.09. The molecule has 1 unspecified atom stereocenters. The van der Waals surface area contributed by atoms with Gasteiger partial charge in [0, 0.05) is 17.7 Å². The number of hydrogen-bond acceptors (Lipinski definition) is 3. The van der Waals surface area contributed by atoms with Gasteiger partial charge in [-0.1, -0.05) is 11.8 Å². The van der Waals surface area contributed by atoms with E-state index in [1.165, 1.54) is 0 Å². The number of carbonyl (C=O) groups excluding carboxylic acids is 1. The smallest absolute Gasteiger partial charge is 0.251 e. The molecular weight excluding hydrogens is 254 g/mol. The molecule has 20 heavy (non-hydrogen) atoms. The van der Waals surface area contributed by atoms with Crippen molar-refractivity contribution >= 4 is 5.91 Å². The molecule has 0 aliphatic carbocycles. The number of aliphatic hydroxyl groups is 1. The topological polar surface area (TPSA) is 58.6 Å². The van der Waals surface area contributed by atoms with Gasteiger partial charge in [0.15, 0.2) is 0 Å². The largest absolute Gasteiger partial charge is 0.384 e. The summed E-state index contributed by atoms with van der Waals surface area (Å²) in [5.41, 5.74) is 2.31. The van der Waals surface area contributed by atoms with Crippen molar-refractivity contribution in [1.82, 2.24) is 5.32 Å². The molecule has 106 valence electrons. The molecule has 1 amide bonds. The zero-order chi connectivity index (χ0) is 14.4. The van der Waals surface area contributed by atoms with Crippen LogP contribution in [0.5, 0.6) is 0 Å². The van der Waals surface area contributed by atoms with Gasteiger partial charge >= 0.3 is 0 Å². The number of nitrogens with one attached hydrogen (secondary N) is 1. The number of benzene rings is 1. The lowest BCUT2D eigenvalue weighted by atomic mass is 10.0. The maximum Gasteiger partial charge on any atom is 0.251 e. The molecule has 1 heterocycles. The van der Waals surface area contributed by atoms with Gasteiger partial charge in [-0.3, -0.25) is 4.79 Å². The number of aryl methyl sites for hydroxylation is 1. The fourth-order valence-corrected chi connectivity index (χ4v) is 2.25. The molecule has 1 aromatic rings. The summed E-state index contributed by atoms with van der Waals surface area (Å²) in [6.07, 6.45) is 1.93. The first-order chi connectivity index (χ1) is 9.69. The maximum absolute atomic E-state index is 12.2. The Labute approximate surface area is 119 Å². The quantitative estimate of drug-likeness (QED) is 0.797. The number of hydrogen-bond donors (Lipinski definition) is 2. The Hall–Kier alpha value is -1.83. The number of ether oxygens (including phenoxy) is 1. The molecule has 4 nitrogen and oxygen atoms in total. The SMILES string of the molecule is Cc1cc(C#CCO)cc(C(=O)NC2CCCOC2)c1. The first-order valence-corrected chi connectivity index (χ1v) is 6.79. The molecule has 1 aromatic carbocycles. The molecule has 2 N–H and O–H groups in total. The molecule has 0 saturated carbocycles. The standard InChI is InChI=1S/C16H19NO3/c1-12-8-13(4-2-6-18)10-14(9-12)16(19)17-15-5-3-7-20-11-15/h8-10,15,18H,3,5-7,11H2,1H3,(H,17,19). The molecule has 1 aliphatic heterocycles. The van der Waals surface area contributed by atoms with Crippen molar-refractivity contribution in [2.24, 2.45) is 0 Å². The van der Waals surface area contributed by atoms with Crippen LogP contribution in [0.3, 0.4) is 0 Å². The van der Waals surface area contributed by atoms with E-state index < -0.39 is 0 Å². The molecule has 0 radical (unpaired) electrons. The Bertz CT molecular complexity index is 536. The van der Waals surface area contributed by atoms with E-state index in [1.54, 1.807) is 6.07 Å². The molecule has 0 bridgehead atoms. The van der Waals surface area contributed by atoms with E-state index in [0.717, 1.165) is 30.6 Å². The van der Waals surface area contributed by atoms with Crippen LogP contribution in [0.2, 0.25) is 0 Å². The van der Waals surface area contributed by atoms with E-state index in [2.05, 4.69) is 17.2 Å². The molecule has 1 saturated heterocycles. The van der Waals surface area contributed by atoms with Crippen LogP contribution in [-0.2, 0) is 4.74 Å². The summed E-state index contributed by atoms with van der Waals surface area (Å²) < 4.78 is 5.35. The lowest BCUT2D eigenvalue weighted by Crippen LogP contribution is -2.40. The minimum Gasteiger partial charge on any atom is -0.384 e. The lowest BCUT2D eigenvalue weighted by Gasteiger charge is -2.23. The maximum atomic E-state index is 12.2. The van der Waals surface area contributed by atoms with Crippen molar-refractivity contribution in [2.75, 3.05) is 19.8 Å². The average Bonchev–Trinajstić information content (AvgIpc) is 2.45. The molecule has 2 rings (SSSR count). The summed E-state index contributed by atoms with van der Waals surface area (Å²) in [4.78, 5) is 12.2. The van der Waals surface area contributed by atoms with Gasteiger partial charge in [-0.2, -0.15) is 0 Å². The Balaban J connectivity index is 2.10. The second-order valence-electron chi connectivity index (χ2n) is 4.94. The van der Waals surface area contributed by atoms with Crippen LogP contribution in [-0.4, -0.2) is 36.9 Å². The summed E-state index contributed by atoms with van der Waals surface area (Å²) in [6, 6.07) is 5.56. The van der Waals surface area contributed by atoms with Gasteiger partial charge in [-0.15, -0.1) is 0 Å². The van der Waals surface area contributed by atoms with Gasteiger partial charge in [0.2, 0.25) is 0 Å². The summed E-state index contributed by atoms with van der Waals surface area (Å²) in [5, 5.41) is 11.7. The van der Waals surface area contributed by atoms with E-state index in [-0.39, 0.29) is 18.6 Å². The number of carbonyl (C=O) groups is 1. The normalized spacial score (nSPS) is 18.0. The van der Waals surface area contributed by atoms with Crippen molar-refractivity contribution < 1.29 is 14.6 Å². The van der Waals surface area contributed by atoms with Gasteiger partial charge in [0.1, 0.15) is 6.61 Å². The van der Waals surface area contributed by atoms with Crippen LogP contribution in [0.1, 0.15) is 34.3 Å². The average molecular weight is 273 g/mol. The number of aliphatic hydroxyl groups excluding tert-OH is 1. The summed E-state index contributed by atoms with van der Waals surface area (Å²) in [6.45, 7) is 3.09. The van der Waals surface area contributed by atoms with Crippen LogP contribution in [0.4, 0.5) is 0 Å². The highest BCUT2D eigenvalue weighted by Crippen LogP contribution is 2.11. The van der Waals surface area contributed by atoms with Crippen molar-refractivity contribution in [1.29, 1.82) is 0 Å². The van der Waals surface area contributed by atoms with Crippen LogP contribution in [0.25, 0.3) is 0 Å². The Morgan fingerprint density at radius 3 is 3.05 bits per heavy atom. The molecular formula is C16H19NO3. The lowest BCUT2D eigenvalue weighted by molar-refractivity contribution is 0.0624. The minimum absolute atomic E-state index is 0.0868. The van der Waals surface area contributed by atoms with E-state index >= 15 is 0 Å². The van der Waals surface area contributed by atoms with Crippen LogP contribution < -0.4 is 5.32 Å². The van der Waals surface area contributed by atoms with Gasteiger partial charge in [0.25, 0.3) is 5.91 Å². The van der Waals surface area contributed by atoms with Crippen LogP contribution in [0.15, 0.2) is 18.2 Å². The summed E-state index contributed by atoms with van der Waals surface area (Å²) >= 11 is 0. The third-order valence-corrected chi connectivity index (χ3v) is 3.15. The van der Waals surface area contributed by atoms with Gasteiger partial charge in [-0.05, 0) is 43.5 Å². The fourth-order valence-electron chi connectivity index (χ4n) is 2.25. The Morgan fingerprint density at radius 1 is 1.50 bits per heavy atom. The van der Waals surface area contributed by atoms with E-state index in [4.69, 9.17) is 9.84 Å². The predicted octanol–water partition coefficient (Wildman–Crippen LogP) is 1.25. The molecule has 0 aromatic heterocycles. The highest BCUT2D eigenvalue weighted by Gasteiger charge is 2.17. The Kier molecular flexibility index (Phi) is 5.16. The third-order valence-electron chi connectivity index (χ3n) is 3.15. The second kappa shape index (κ2) is 7.09. The molecule has 1 fully saturated rings. The first-order valence-electron chi connectivity index (χ1n) is 6.79. The monoisotopic (exact) mass is 273 g/mol. The molecule has 0 spiro atoms. The van der Waals surface area contributed by atoms with Crippen LogP contribution >= 0.6 is 0 Å². The van der Waals surface area contributed by atoms with E-state index in [9.17, 15) is 4.79 Å². The first kappa shape index (κ1) is 14.6. The van der Waals surface area contributed by atoms with Crippen molar-refractivity contribution in [3.8, 4) is 11.8 Å². The summed E-state index contributed by atoms with van der Waals surface area (Å²) in [5.74, 6) is 5.32. The minimum atomic E-state index is -0.186.